The number of hydrogen-bond donors (Lipinski definition) is 1. The summed E-state index contributed by atoms with van der Waals surface area (Å²) in [5.41, 5.74) is 4.35. The quantitative estimate of drug-likeness (QED) is 0.449. The molecule has 1 N–H and O–H groups in total. The Morgan fingerprint density at radius 3 is 2.11 bits per heavy atom. The Balaban J connectivity index is 1.60. The van der Waals surface area contributed by atoms with Crippen LogP contribution >= 0.6 is 0 Å². The lowest BCUT2D eigenvalue weighted by Crippen LogP contribution is -2.46. The van der Waals surface area contributed by atoms with Crippen LogP contribution in [0.3, 0.4) is 0 Å². The number of carbonyl (C=O) groups excluding carboxylic acids is 1. The zero-order valence-electron chi connectivity index (χ0n) is 19.9. The predicted octanol–water partition coefficient (Wildman–Crippen LogP) is 3.71. The van der Waals surface area contributed by atoms with E-state index in [4.69, 9.17) is 0 Å². The van der Waals surface area contributed by atoms with E-state index >= 15 is 0 Å². The molecule has 0 aliphatic carbocycles. The highest BCUT2D eigenvalue weighted by Crippen LogP contribution is 2.42. The number of amides is 1. The second-order valence-corrected chi connectivity index (χ2v) is 8.89. The van der Waals surface area contributed by atoms with Gasteiger partial charge in [-0.2, -0.15) is 5.10 Å². The molecule has 0 radical (unpaired) electrons. The number of piperazine rings is 1. The van der Waals surface area contributed by atoms with E-state index in [1.54, 1.807) is 23.1 Å². The summed E-state index contributed by atoms with van der Waals surface area (Å²) in [6, 6.07) is 22.7. The first kappa shape index (κ1) is 22.9. The van der Waals surface area contributed by atoms with Crippen LogP contribution in [0.2, 0.25) is 0 Å². The van der Waals surface area contributed by atoms with E-state index in [0.717, 1.165) is 37.4 Å². The predicted molar refractivity (Wildman–Crippen MR) is 135 cm³/mol. The minimum atomic E-state index is -0.0975. The highest BCUT2D eigenvalue weighted by molar-refractivity contribution is 5.77. The normalized spacial score (nSPS) is 14.7. The zero-order valence-corrected chi connectivity index (χ0v) is 19.9. The number of nitrogens with one attached hydrogen (secondary N) is 1. The molecular formula is C28H30N6O. The Bertz CT molecular complexity index is 1200. The zero-order chi connectivity index (χ0) is 24.0. The van der Waals surface area contributed by atoms with Crippen LogP contribution in [0.5, 0.6) is 0 Å². The minimum Gasteiger partial charge on any atom is -0.340 e. The average molecular weight is 467 g/mol. The van der Waals surface area contributed by atoms with Crippen LogP contribution in [0, 0.1) is 6.92 Å². The van der Waals surface area contributed by atoms with Gasteiger partial charge in [0.2, 0.25) is 5.91 Å². The number of nitrogens with zero attached hydrogens (tertiary/aromatic N) is 5. The molecule has 1 atom stereocenters. The van der Waals surface area contributed by atoms with E-state index in [0.29, 0.717) is 12.4 Å². The summed E-state index contributed by atoms with van der Waals surface area (Å²) >= 11 is 0. The highest BCUT2D eigenvalue weighted by Gasteiger charge is 2.33. The van der Waals surface area contributed by atoms with Crippen molar-refractivity contribution < 1.29 is 4.79 Å². The van der Waals surface area contributed by atoms with Gasteiger partial charge >= 0.3 is 0 Å². The third-order valence-electron chi connectivity index (χ3n) is 6.77. The highest BCUT2D eigenvalue weighted by atomic mass is 16.2. The summed E-state index contributed by atoms with van der Waals surface area (Å²) in [5.74, 6) is 0.604. The van der Waals surface area contributed by atoms with Crippen molar-refractivity contribution in [3.05, 3.63) is 108 Å². The van der Waals surface area contributed by atoms with Crippen LogP contribution in [0.4, 0.5) is 0 Å². The van der Waals surface area contributed by atoms with Crippen LogP contribution in [-0.4, -0.2) is 56.7 Å². The molecule has 2 aromatic carbocycles. The van der Waals surface area contributed by atoms with Gasteiger partial charge in [-0.25, -0.2) is 14.6 Å². The Hall–Kier alpha value is -3.84. The fourth-order valence-electron chi connectivity index (χ4n) is 5.01. The van der Waals surface area contributed by atoms with Crippen LogP contribution in [0.25, 0.3) is 5.95 Å². The molecule has 1 aliphatic heterocycles. The first-order chi connectivity index (χ1) is 17.2. The largest absolute Gasteiger partial charge is 0.340 e. The van der Waals surface area contributed by atoms with Crippen LogP contribution in [-0.2, 0) is 4.79 Å². The maximum Gasteiger partial charge on any atom is 0.250 e. The maximum atomic E-state index is 13.6. The first-order valence-corrected chi connectivity index (χ1v) is 12.1. The van der Waals surface area contributed by atoms with E-state index in [1.165, 1.54) is 11.1 Å². The lowest BCUT2D eigenvalue weighted by molar-refractivity contribution is -0.132. The molecule has 5 rings (SSSR count). The fourth-order valence-corrected chi connectivity index (χ4v) is 5.01. The second kappa shape index (κ2) is 10.6. The molecule has 4 aromatic rings. The van der Waals surface area contributed by atoms with E-state index in [1.807, 2.05) is 30.2 Å². The van der Waals surface area contributed by atoms with Crippen molar-refractivity contribution in [2.24, 2.45) is 0 Å². The van der Waals surface area contributed by atoms with Crippen molar-refractivity contribution in [2.45, 2.75) is 25.2 Å². The molecule has 0 spiro atoms. The summed E-state index contributed by atoms with van der Waals surface area (Å²) < 4.78 is 1.77. The van der Waals surface area contributed by atoms with E-state index in [-0.39, 0.29) is 17.7 Å². The SMILES string of the molecule is Cc1c(C(CC(=O)N2CCNCC2)C(c2ccccc2)c2ccccc2)cnn1-c1ncccn1. The van der Waals surface area contributed by atoms with Gasteiger partial charge in [0.1, 0.15) is 0 Å². The van der Waals surface area contributed by atoms with Gasteiger partial charge in [-0.05, 0) is 29.7 Å². The van der Waals surface area contributed by atoms with Gasteiger partial charge in [0, 0.05) is 62.5 Å². The van der Waals surface area contributed by atoms with E-state index < -0.39 is 0 Å². The summed E-state index contributed by atoms with van der Waals surface area (Å²) in [7, 11) is 0. The van der Waals surface area contributed by atoms with Gasteiger partial charge in [-0.15, -0.1) is 0 Å². The van der Waals surface area contributed by atoms with Gasteiger partial charge in [0.25, 0.3) is 5.95 Å². The van der Waals surface area contributed by atoms with Gasteiger partial charge in [0.05, 0.1) is 6.20 Å². The van der Waals surface area contributed by atoms with Crippen molar-refractivity contribution in [3.63, 3.8) is 0 Å². The van der Waals surface area contributed by atoms with Gasteiger partial charge in [-0.1, -0.05) is 60.7 Å². The summed E-state index contributed by atoms with van der Waals surface area (Å²) in [6.45, 7) is 5.18. The number of aromatic nitrogens is 4. The van der Waals surface area contributed by atoms with Crippen molar-refractivity contribution >= 4 is 5.91 Å². The van der Waals surface area contributed by atoms with Crippen molar-refractivity contribution in [1.82, 2.24) is 30.0 Å². The second-order valence-electron chi connectivity index (χ2n) is 8.89. The first-order valence-electron chi connectivity index (χ1n) is 12.1. The molecule has 2 aromatic heterocycles. The van der Waals surface area contributed by atoms with Gasteiger partial charge in [-0.3, -0.25) is 4.79 Å². The third-order valence-corrected chi connectivity index (χ3v) is 6.77. The molecule has 178 valence electrons. The van der Waals surface area contributed by atoms with Crippen molar-refractivity contribution in [1.29, 1.82) is 0 Å². The fraction of sp³-hybridized carbons (Fsp3) is 0.286. The monoisotopic (exact) mass is 466 g/mol. The average Bonchev–Trinajstić information content (AvgIpc) is 3.31. The standard InChI is InChI=1S/C28H30N6O/c1-21-25(20-32-34(21)28-30-13-8-14-31-28)24(19-26(35)33-17-15-29-16-18-33)27(22-9-4-2-5-10-22)23-11-6-3-7-12-23/h2-14,20,24,27,29H,15-19H2,1H3. The Kier molecular flexibility index (Phi) is 6.95. The van der Waals surface area contributed by atoms with Gasteiger partial charge < -0.3 is 10.2 Å². The van der Waals surface area contributed by atoms with Crippen LogP contribution < -0.4 is 5.32 Å². The summed E-state index contributed by atoms with van der Waals surface area (Å²) in [5, 5.41) is 7.99. The smallest absolute Gasteiger partial charge is 0.250 e. The molecule has 0 saturated carbocycles. The van der Waals surface area contributed by atoms with Crippen molar-refractivity contribution in [3.8, 4) is 5.95 Å². The number of hydrogen-bond acceptors (Lipinski definition) is 5. The third kappa shape index (κ3) is 5.00. The van der Waals surface area contributed by atoms with Gasteiger partial charge in [0.15, 0.2) is 0 Å². The molecule has 1 fully saturated rings. The Morgan fingerprint density at radius 2 is 1.51 bits per heavy atom. The summed E-state index contributed by atoms with van der Waals surface area (Å²) in [4.78, 5) is 24.3. The van der Waals surface area contributed by atoms with E-state index in [2.05, 4.69) is 68.9 Å². The van der Waals surface area contributed by atoms with Crippen molar-refractivity contribution in [2.75, 3.05) is 26.2 Å². The Labute approximate surface area is 205 Å². The van der Waals surface area contributed by atoms with Crippen LogP contribution in [0.15, 0.2) is 85.3 Å². The molecule has 3 heterocycles. The molecule has 7 heteroatoms. The maximum absolute atomic E-state index is 13.6. The molecule has 0 bridgehead atoms. The number of rotatable bonds is 7. The lowest BCUT2D eigenvalue weighted by Gasteiger charge is -2.32. The number of benzene rings is 2. The molecule has 7 nitrogen and oxygen atoms in total. The summed E-state index contributed by atoms with van der Waals surface area (Å²) in [6.07, 6.45) is 5.72. The molecule has 35 heavy (non-hydrogen) atoms. The topological polar surface area (TPSA) is 75.9 Å². The molecule has 1 aliphatic rings. The van der Waals surface area contributed by atoms with Crippen LogP contribution in [0.1, 0.15) is 40.6 Å². The molecule has 1 saturated heterocycles. The number of carbonyl (C=O) groups is 1. The molecule has 1 unspecified atom stereocenters. The lowest BCUT2D eigenvalue weighted by atomic mass is 9.75. The van der Waals surface area contributed by atoms with E-state index in [9.17, 15) is 4.79 Å². The molecule has 1 amide bonds. The molecular weight excluding hydrogens is 436 g/mol. The Morgan fingerprint density at radius 1 is 0.914 bits per heavy atom. The minimum absolute atomic E-state index is 0.00249.